The van der Waals surface area contributed by atoms with Gasteiger partial charge in [-0.25, -0.2) is 4.68 Å². The van der Waals surface area contributed by atoms with Crippen LogP contribution in [-0.2, 0) is 11.2 Å². The number of fused-ring (bicyclic) bond motifs is 1. The van der Waals surface area contributed by atoms with Crippen LogP contribution in [0.5, 0.6) is 0 Å². The van der Waals surface area contributed by atoms with Gasteiger partial charge in [-0.2, -0.15) is 5.10 Å². The van der Waals surface area contributed by atoms with Gasteiger partial charge >= 0.3 is 0 Å². The quantitative estimate of drug-likeness (QED) is 0.823. The fourth-order valence-corrected chi connectivity index (χ4v) is 3.58. The Labute approximate surface area is 156 Å². The Morgan fingerprint density at radius 1 is 1.31 bits per heavy atom. The number of aryl methyl sites for hydroxylation is 1. The molecule has 1 atom stereocenters. The van der Waals surface area contributed by atoms with E-state index in [1.165, 1.54) is 11.3 Å². The molecule has 1 amide bonds. The third-order valence-corrected chi connectivity index (χ3v) is 4.91. The summed E-state index contributed by atoms with van der Waals surface area (Å²) in [6.45, 7) is 10.7. The highest BCUT2D eigenvalue weighted by molar-refractivity contribution is 5.87. The summed E-state index contributed by atoms with van der Waals surface area (Å²) in [7, 11) is 0. The average molecular weight is 351 g/mol. The molecule has 4 nitrogen and oxygen atoms in total. The van der Waals surface area contributed by atoms with Crippen molar-refractivity contribution in [2.45, 2.75) is 53.5 Å². The minimum Gasteiger partial charge on any atom is -0.346 e. The summed E-state index contributed by atoms with van der Waals surface area (Å²) < 4.78 is 2.03. The van der Waals surface area contributed by atoms with Gasteiger partial charge in [-0.05, 0) is 49.3 Å². The van der Waals surface area contributed by atoms with Crippen molar-refractivity contribution in [2.75, 3.05) is 0 Å². The van der Waals surface area contributed by atoms with Gasteiger partial charge in [0, 0.05) is 5.56 Å². The van der Waals surface area contributed by atoms with Gasteiger partial charge in [0.05, 0.1) is 23.6 Å². The Kier molecular flexibility index (Phi) is 5.03. The molecule has 0 radical (unpaired) electrons. The maximum Gasteiger partial charge on any atom is 0.244 e. The van der Waals surface area contributed by atoms with Gasteiger partial charge in [0.2, 0.25) is 5.91 Å². The summed E-state index contributed by atoms with van der Waals surface area (Å²) in [5, 5.41) is 7.82. The van der Waals surface area contributed by atoms with Crippen LogP contribution in [0.4, 0.5) is 0 Å². The molecule has 0 saturated carbocycles. The summed E-state index contributed by atoms with van der Waals surface area (Å²) in [5.74, 6) is 0.332. The van der Waals surface area contributed by atoms with Crippen LogP contribution in [0.15, 0.2) is 42.6 Å². The fourth-order valence-electron chi connectivity index (χ4n) is 3.58. The number of carbonyl (C=O) groups excluding carboxylic acids is 1. The van der Waals surface area contributed by atoms with E-state index in [9.17, 15) is 4.79 Å². The standard InChI is InChI=1S/C22H29N3O/c1-15(2)6-11-21(26)24-19-12-22(4,5)13-20-18(19)14-23-25(20)17-9-7-16(3)8-10-17/h6-11,14-15,19H,12-13H2,1-5H3,(H,24,26)/b11-6+. The number of hydrogen-bond acceptors (Lipinski definition) is 2. The molecule has 1 aromatic heterocycles. The van der Waals surface area contributed by atoms with Crippen LogP contribution in [0, 0.1) is 18.3 Å². The van der Waals surface area contributed by atoms with E-state index in [1.807, 2.05) is 17.0 Å². The largest absolute Gasteiger partial charge is 0.346 e. The van der Waals surface area contributed by atoms with E-state index in [1.54, 1.807) is 6.08 Å². The SMILES string of the molecule is Cc1ccc(-n2ncc3c2CC(C)(C)CC3NC(=O)/C=C/C(C)C)cc1. The van der Waals surface area contributed by atoms with Crippen molar-refractivity contribution in [1.29, 1.82) is 0 Å². The van der Waals surface area contributed by atoms with Gasteiger partial charge in [0.25, 0.3) is 0 Å². The molecule has 138 valence electrons. The molecule has 1 aliphatic rings. The summed E-state index contributed by atoms with van der Waals surface area (Å²) in [6, 6.07) is 8.41. The summed E-state index contributed by atoms with van der Waals surface area (Å²) in [6.07, 6.45) is 7.36. The topological polar surface area (TPSA) is 46.9 Å². The van der Waals surface area contributed by atoms with Gasteiger partial charge in [-0.15, -0.1) is 0 Å². The Balaban J connectivity index is 1.92. The molecule has 26 heavy (non-hydrogen) atoms. The number of allylic oxidation sites excluding steroid dienone is 1. The molecule has 4 heteroatoms. The van der Waals surface area contributed by atoms with E-state index in [0.717, 1.165) is 24.1 Å². The van der Waals surface area contributed by atoms with Crippen LogP contribution in [0.1, 0.15) is 57.0 Å². The Hall–Kier alpha value is -2.36. The number of aromatic nitrogens is 2. The molecular weight excluding hydrogens is 322 g/mol. The molecular formula is C22H29N3O. The van der Waals surface area contributed by atoms with Gasteiger partial charge in [-0.1, -0.05) is 51.5 Å². The van der Waals surface area contributed by atoms with Crippen LogP contribution in [0.3, 0.4) is 0 Å². The average Bonchev–Trinajstić information content (AvgIpc) is 2.96. The zero-order valence-corrected chi connectivity index (χ0v) is 16.4. The number of nitrogens with one attached hydrogen (secondary N) is 1. The number of rotatable bonds is 4. The number of amides is 1. The first kappa shape index (κ1) is 18.4. The predicted molar refractivity (Wildman–Crippen MR) is 105 cm³/mol. The van der Waals surface area contributed by atoms with Crippen molar-refractivity contribution in [3.8, 4) is 5.69 Å². The lowest BCUT2D eigenvalue weighted by molar-refractivity contribution is -0.117. The van der Waals surface area contributed by atoms with Crippen molar-refractivity contribution in [2.24, 2.45) is 11.3 Å². The molecule has 1 aromatic carbocycles. The number of nitrogens with zero attached hydrogens (tertiary/aromatic N) is 2. The molecule has 0 bridgehead atoms. The molecule has 2 aromatic rings. The number of carbonyl (C=O) groups is 1. The van der Waals surface area contributed by atoms with Crippen LogP contribution in [-0.4, -0.2) is 15.7 Å². The molecule has 0 spiro atoms. The number of hydrogen-bond donors (Lipinski definition) is 1. The van der Waals surface area contributed by atoms with Crippen molar-refractivity contribution in [3.63, 3.8) is 0 Å². The van der Waals surface area contributed by atoms with Crippen molar-refractivity contribution in [1.82, 2.24) is 15.1 Å². The van der Waals surface area contributed by atoms with E-state index in [2.05, 4.69) is 69.3 Å². The van der Waals surface area contributed by atoms with Crippen molar-refractivity contribution < 1.29 is 4.79 Å². The second-order valence-electron chi connectivity index (χ2n) is 8.50. The third kappa shape index (κ3) is 4.06. The van der Waals surface area contributed by atoms with E-state index in [0.29, 0.717) is 5.92 Å². The smallest absolute Gasteiger partial charge is 0.244 e. The fraction of sp³-hybridized carbons (Fsp3) is 0.455. The molecule has 1 heterocycles. The molecule has 1 unspecified atom stereocenters. The van der Waals surface area contributed by atoms with Crippen molar-refractivity contribution >= 4 is 5.91 Å². The predicted octanol–water partition coefficient (Wildman–Crippen LogP) is 4.52. The molecule has 1 aliphatic carbocycles. The van der Waals surface area contributed by atoms with Crippen LogP contribution < -0.4 is 5.32 Å². The zero-order valence-electron chi connectivity index (χ0n) is 16.4. The second-order valence-corrected chi connectivity index (χ2v) is 8.50. The molecule has 0 fully saturated rings. The minimum atomic E-state index is -0.0320. The van der Waals surface area contributed by atoms with E-state index in [4.69, 9.17) is 0 Å². The third-order valence-electron chi connectivity index (χ3n) is 4.91. The highest BCUT2D eigenvalue weighted by Crippen LogP contribution is 2.41. The van der Waals surface area contributed by atoms with Crippen LogP contribution >= 0.6 is 0 Å². The summed E-state index contributed by atoms with van der Waals surface area (Å²) in [5.41, 5.74) is 4.74. The monoisotopic (exact) mass is 351 g/mol. The van der Waals surface area contributed by atoms with Gasteiger partial charge in [-0.3, -0.25) is 4.79 Å². The summed E-state index contributed by atoms with van der Waals surface area (Å²) >= 11 is 0. The van der Waals surface area contributed by atoms with Crippen LogP contribution in [0.2, 0.25) is 0 Å². The first-order chi connectivity index (χ1) is 12.2. The highest BCUT2D eigenvalue weighted by Gasteiger charge is 2.35. The Bertz CT molecular complexity index is 812. The van der Waals surface area contributed by atoms with Gasteiger partial charge < -0.3 is 5.32 Å². The molecule has 1 N–H and O–H groups in total. The normalized spacial score (nSPS) is 18.9. The second kappa shape index (κ2) is 7.10. The first-order valence-electron chi connectivity index (χ1n) is 9.38. The lowest BCUT2D eigenvalue weighted by atomic mass is 9.74. The first-order valence-corrected chi connectivity index (χ1v) is 9.38. The highest BCUT2D eigenvalue weighted by atomic mass is 16.1. The lowest BCUT2D eigenvalue weighted by Crippen LogP contribution is -2.36. The lowest BCUT2D eigenvalue weighted by Gasteiger charge is -2.35. The summed E-state index contributed by atoms with van der Waals surface area (Å²) in [4.78, 5) is 12.3. The Morgan fingerprint density at radius 2 is 2.00 bits per heavy atom. The Morgan fingerprint density at radius 3 is 2.65 bits per heavy atom. The van der Waals surface area contributed by atoms with Crippen LogP contribution in [0.25, 0.3) is 5.69 Å². The van der Waals surface area contributed by atoms with E-state index in [-0.39, 0.29) is 17.4 Å². The van der Waals surface area contributed by atoms with E-state index >= 15 is 0 Å². The zero-order chi connectivity index (χ0) is 18.9. The number of benzene rings is 1. The van der Waals surface area contributed by atoms with Crippen molar-refractivity contribution in [3.05, 3.63) is 59.4 Å². The maximum absolute atomic E-state index is 12.3. The minimum absolute atomic E-state index is 0.00254. The van der Waals surface area contributed by atoms with Gasteiger partial charge in [0.15, 0.2) is 0 Å². The molecule has 3 rings (SSSR count). The van der Waals surface area contributed by atoms with Gasteiger partial charge in [0.1, 0.15) is 0 Å². The molecule has 0 aliphatic heterocycles. The van der Waals surface area contributed by atoms with E-state index < -0.39 is 0 Å². The molecule has 0 saturated heterocycles. The maximum atomic E-state index is 12.3.